The first-order valence-electron chi connectivity index (χ1n) is 11.1. The molecule has 186 valence electrons. The summed E-state index contributed by atoms with van der Waals surface area (Å²) >= 11 is 16.5. The van der Waals surface area contributed by atoms with Crippen LogP contribution in [-0.2, 0) is 16.1 Å². The van der Waals surface area contributed by atoms with E-state index in [0.717, 1.165) is 58.6 Å². The van der Waals surface area contributed by atoms with Gasteiger partial charge < -0.3 is 10.6 Å². The van der Waals surface area contributed by atoms with Crippen molar-refractivity contribution >= 4 is 74.6 Å². The van der Waals surface area contributed by atoms with Crippen LogP contribution in [0.5, 0.6) is 0 Å². The summed E-state index contributed by atoms with van der Waals surface area (Å²) in [6.45, 7) is 6.05. The number of anilines is 1. The number of nitrogens with one attached hydrogen (secondary N) is 2. The maximum atomic E-state index is 12.5. The van der Waals surface area contributed by atoms with Gasteiger partial charge in [-0.2, -0.15) is 0 Å². The van der Waals surface area contributed by atoms with Crippen LogP contribution in [0.1, 0.15) is 31.0 Å². The molecule has 2 amide bonds. The summed E-state index contributed by atoms with van der Waals surface area (Å²) in [6, 6.07) is 5.93. The number of likely N-dealkylation sites (tertiary alicyclic amines) is 1. The molecule has 1 saturated heterocycles. The molecular weight excluding hydrogens is 545 g/mol. The van der Waals surface area contributed by atoms with Crippen LogP contribution in [0.25, 0.3) is 10.6 Å². The minimum atomic E-state index is -0.147. The molecule has 0 bridgehead atoms. The Balaban J connectivity index is 1.22. The number of piperidine rings is 1. The quantitative estimate of drug-likeness (QED) is 0.338. The molecule has 1 fully saturated rings. The third-order valence-corrected chi connectivity index (χ3v) is 9.29. The molecule has 1 aliphatic rings. The zero-order valence-electron chi connectivity index (χ0n) is 19.3. The van der Waals surface area contributed by atoms with Gasteiger partial charge in [0.15, 0.2) is 9.47 Å². The lowest BCUT2D eigenvalue weighted by atomic mass is 10.0. The Hall–Kier alpha value is -1.69. The molecule has 12 heteroatoms. The van der Waals surface area contributed by atoms with Gasteiger partial charge in [0, 0.05) is 38.0 Å². The lowest BCUT2D eigenvalue weighted by Gasteiger charge is -2.32. The van der Waals surface area contributed by atoms with Crippen molar-refractivity contribution in [2.45, 2.75) is 43.6 Å². The van der Waals surface area contributed by atoms with E-state index in [-0.39, 0.29) is 17.9 Å². The number of carbonyl (C=O) groups excluding carboxylic acids is 2. The van der Waals surface area contributed by atoms with Gasteiger partial charge in [-0.3, -0.25) is 14.5 Å². The lowest BCUT2D eigenvalue weighted by molar-refractivity contribution is -0.119. The third kappa shape index (κ3) is 7.41. The monoisotopic (exact) mass is 569 g/mol. The molecule has 3 aromatic rings. The molecule has 0 atom stereocenters. The Morgan fingerprint density at radius 3 is 2.69 bits per heavy atom. The van der Waals surface area contributed by atoms with Crippen molar-refractivity contribution in [3.05, 3.63) is 44.9 Å². The zero-order valence-corrected chi connectivity index (χ0v) is 23.2. The van der Waals surface area contributed by atoms with Gasteiger partial charge in [0.25, 0.3) is 0 Å². The number of rotatable bonds is 8. The summed E-state index contributed by atoms with van der Waals surface area (Å²) in [5, 5.41) is 9.48. The molecule has 0 saturated carbocycles. The summed E-state index contributed by atoms with van der Waals surface area (Å²) in [7, 11) is 0. The number of thiazole rings is 2. The number of hydrogen-bond acceptors (Lipinski definition) is 8. The summed E-state index contributed by atoms with van der Waals surface area (Å²) in [5.74, 6) is 0.199. The molecule has 1 aliphatic heterocycles. The fourth-order valence-electron chi connectivity index (χ4n) is 3.79. The molecule has 1 aromatic carbocycles. The van der Waals surface area contributed by atoms with Crippen molar-refractivity contribution in [1.82, 2.24) is 20.2 Å². The highest BCUT2D eigenvalue weighted by Gasteiger charge is 2.21. The number of carbonyl (C=O) groups is 2. The normalized spacial score (nSPS) is 14.7. The number of aromatic nitrogens is 2. The van der Waals surface area contributed by atoms with Crippen LogP contribution >= 0.6 is 57.6 Å². The molecule has 2 N–H and O–H groups in total. The molecule has 0 unspecified atom stereocenters. The maximum Gasteiger partial charge on any atom is 0.230 e. The van der Waals surface area contributed by atoms with Crippen LogP contribution in [-0.4, -0.2) is 51.6 Å². The van der Waals surface area contributed by atoms with E-state index >= 15 is 0 Å². The van der Waals surface area contributed by atoms with Gasteiger partial charge >= 0.3 is 0 Å². The summed E-state index contributed by atoms with van der Waals surface area (Å²) < 4.78 is 0.832. The second-order valence-corrected chi connectivity index (χ2v) is 12.2. The van der Waals surface area contributed by atoms with Crippen LogP contribution in [0.3, 0.4) is 0 Å². The largest absolute Gasteiger partial charge is 0.353 e. The van der Waals surface area contributed by atoms with Gasteiger partial charge in [-0.1, -0.05) is 41.0 Å². The van der Waals surface area contributed by atoms with Crippen LogP contribution in [0.2, 0.25) is 10.0 Å². The molecule has 0 radical (unpaired) electrons. The first-order chi connectivity index (χ1) is 16.8. The Kier molecular flexibility index (Phi) is 9.07. The highest BCUT2D eigenvalue weighted by Crippen LogP contribution is 2.36. The first-order valence-corrected chi connectivity index (χ1v) is 14.5. The maximum absolute atomic E-state index is 12.5. The van der Waals surface area contributed by atoms with Crippen molar-refractivity contribution in [1.29, 1.82) is 0 Å². The molecule has 3 heterocycles. The summed E-state index contributed by atoms with van der Waals surface area (Å²) in [4.78, 5) is 36.1. The molecule has 35 heavy (non-hydrogen) atoms. The average molecular weight is 571 g/mol. The third-order valence-electron chi connectivity index (χ3n) is 5.47. The van der Waals surface area contributed by atoms with Gasteiger partial charge in [-0.15, -0.1) is 22.7 Å². The second-order valence-electron chi connectivity index (χ2n) is 8.27. The number of halogens is 2. The number of nitrogens with zero attached hydrogens (tertiary/aromatic N) is 3. The van der Waals surface area contributed by atoms with E-state index in [0.29, 0.717) is 20.9 Å². The number of benzene rings is 1. The van der Waals surface area contributed by atoms with E-state index in [1.807, 2.05) is 30.5 Å². The van der Waals surface area contributed by atoms with E-state index in [1.54, 1.807) is 0 Å². The van der Waals surface area contributed by atoms with Crippen LogP contribution in [0.15, 0.2) is 27.9 Å². The minimum Gasteiger partial charge on any atom is -0.353 e. The molecular formula is C23H25Cl2N5O2S3. The number of aryl methyl sites for hydroxylation is 1. The van der Waals surface area contributed by atoms with Crippen molar-refractivity contribution in [3.8, 4) is 10.6 Å². The standard InChI is InChI=1S/C23H25Cl2N5O2S3/c1-13-21(19-11-33-22(29-19)27-14(2)31)35-23(26-13)34-12-20(32)28-16-5-7-30(8-6-16)10-15-3-4-17(24)18(25)9-15/h3-4,9,11,16H,5-8,10,12H2,1-2H3,(H,28,32)(H,27,29,31). The smallest absolute Gasteiger partial charge is 0.230 e. The number of hydrogen-bond donors (Lipinski definition) is 2. The van der Waals surface area contributed by atoms with Gasteiger partial charge in [0.2, 0.25) is 11.8 Å². The second kappa shape index (κ2) is 12.0. The zero-order chi connectivity index (χ0) is 24.9. The Bertz CT molecular complexity index is 1210. The average Bonchev–Trinajstić information content (AvgIpc) is 3.41. The predicted octanol–water partition coefficient (Wildman–Crippen LogP) is 5.71. The topological polar surface area (TPSA) is 87.2 Å². The Labute approximate surface area is 226 Å². The van der Waals surface area contributed by atoms with E-state index in [9.17, 15) is 9.59 Å². The van der Waals surface area contributed by atoms with Gasteiger partial charge in [-0.25, -0.2) is 9.97 Å². The van der Waals surface area contributed by atoms with Crippen molar-refractivity contribution in [3.63, 3.8) is 0 Å². The van der Waals surface area contributed by atoms with E-state index in [4.69, 9.17) is 23.2 Å². The number of amides is 2. The van der Waals surface area contributed by atoms with Crippen LogP contribution in [0, 0.1) is 6.92 Å². The van der Waals surface area contributed by atoms with E-state index in [2.05, 4.69) is 25.5 Å². The van der Waals surface area contributed by atoms with Crippen LogP contribution < -0.4 is 10.6 Å². The molecule has 2 aromatic heterocycles. The predicted molar refractivity (Wildman–Crippen MR) is 146 cm³/mol. The van der Waals surface area contributed by atoms with Crippen molar-refractivity contribution in [2.24, 2.45) is 0 Å². The lowest BCUT2D eigenvalue weighted by Crippen LogP contribution is -2.44. The first kappa shape index (κ1) is 26.4. The molecule has 0 aliphatic carbocycles. The highest BCUT2D eigenvalue weighted by molar-refractivity contribution is 8.01. The summed E-state index contributed by atoms with van der Waals surface area (Å²) in [6.07, 6.45) is 1.83. The Morgan fingerprint density at radius 2 is 1.97 bits per heavy atom. The fraction of sp³-hybridized carbons (Fsp3) is 0.391. The molecule has 4 rings (SSSR count). The van der Waals surface area contributed by atoms with Crippen molar-refractivity contribution in [2.75, 3.05) is 24.2 Å². The fourth-order valence-corrected chi connectivity index (χ4v) is 6.89. The molecule has 7 nitrogen and oxygen atoms in total. The SMILES string of the molecule is CC(=O)Nc1nc(-c2sc(SCC(=O)NC3CCN(Cc4ccc(Cl)c(Cl)c4)CC3)nc2C)cs1. The number of thioether (sulfide) groups is 1. The Morgan fingerprint density at radius 1 is 1.20 bits per heavy atom. The van der Waals surface area contributed by atoms with Crippen molar-refractivity contribution < 1.29 is 9.59 Å². The van der Waals surface area contributed by atoms with Gasteiger partial charge in [0.1, 0.15) is 0 Å². The van der Waals surface area contributed by atoms with E-state index in [1.165, 1.54) is 41.4 Å². The van der Waals surface area contributed by atoms with Gasteiger partial charge in [0.05, 0.1) is 32.1 Å². The van der Waals surface area contributed by atoms with E-state index < -0.39 is 0 Å². The summed E-state index contributed by atoms with van der Waals surface area (Å²) in [5.41, 5.74) is 2.80. The van der Waals surface area contributed by atoms with Gasteiger partial charge in [-0.05, 0) is 37.5 Å². The van der Waals surface area contributed by atoms with Crippen LogP contribution in [0.4, 0.5) is 5.13 Å². The minimum absolute atomic E-state index is 0.0222. The molecule has 0 spiro atoms. The highest BCUT2D eigenvalue weighted by atomic mass is 35.5.